The molecule has 1 heterocycles. The molecular formula is C14H18N2S. The third kappa shape index (κ3) is 2.73. The summed E-state index contributed by atoms with van der Waals surface area (Å²) in [6.07, 6.45) is 1.86. The van der Waals surface area contributed by atoms with E-state index in [9.17, 15) is 0 Å². The van der Waals surface area contributed by atoms with Crippen LogP contribution in [0.2, 0.25) is 0 Å². The Morgan fingerprint density at radius 1 is 1.18 bits per heavy atom. The number of nitrogens with zero attached hydrogens (tertiary/aromatic N) is 1. The zero-order valence-electron chi connectivity index (χ0n) is 10.2. The fraction of sp³-hybridized carbons (Fsp3) is 0.357. The van der Waals surface area contributed by atoms with Crippen LogP contribution in [0.25, 0.3) is 0 Å². The minimum absolute atomic E-state index is 0.157. The van der Waals surface area contributed by atoms with Crippen LogP contribution >= 0.6 is 11.3 Å². The van der Waals surface area contributed by atoms with E-state index in [4.69, 9.17) is 5.73 Å². The topological polar surface area (TPSA) is 38.9 Å². The Balaban J connectivity index is 2.38. The minimum atomic E-state index is 0.157. The lowest BCUT2D eigenvalue weighted by molar-refractivity contribution is 0.433. The maximum absolute atomic E-state index is 6.06. The second-order valence-corrected chi connectivity index (χ2v) is 5.40. The van der Waals surface area contributed by atoms with Gasteiger partial charge in [-0.25, -0.2) is 4.98 Å². The van der Waals surface area contributed by atoms with Crippen molar-refractivity contribution in [3.8, 4) is 0 Å². The van der Waals surface area contributed by atoms with E-state index in [1.807, 2.05) is 17.6 Å². The lowest BCUT2D eigenvalue weighted by Gasteiger charge is -2.25. The van der Waals surface area contributed by atoms with Gasteiger partial charge in [-0.2, -0.15) is 0 Å². The van der Waals surface area contributed by atoms with Gasteiger partial charge in [-0.15, -0.1) is 11.3 Å². The molecular weight excluding hydrogens is 228 g/mol. The van der Waals surface area contributed by atoms with Crippen LogP contribution in [0, 0.1) is 5.92 Å². The van der Waals surface area contributed by atoms with Gasteiger partial charge in [-0.1, -0.05) is 37.3 Å². The summed E-state index contributed by atoms with van der Waals surface area (Å²) in [6, 6.07) is 10.7. The molecule has 0 fully saturated rings. The van der Waals surface area contributed by atoms with Crippen LogP contribution in [0.3, 0.4) is 0 Å². The fourth-order valence-corrected chi connectivity index (χ4v) is 2.90. The summed E-state index contributed by atoms with van der Waals surface area (Å²) >= 11 is 1.70. The van der Waals surface area contributed by atoms with E-state index in [0.29, 0.717) is 11.8 Å². The summed E-state index contributed by atoms with van der Waals surface area (Å²) in [5, 5.41) is 3.18. The van der Waals surface area contributed by atoms with Gasteiger partial charge in [0.2, 0.25) is 0 Å². The van der Waals surface area contributed by atoms with Gasteiger partial charge in [0.1, 0.15) is 5.01 Å². The molecule has 0 amide bonds. The van der Waals surface area contributed by atoms with Crippen molar-refractivity contribution in [1.29, 1.82) is 0 Å². The molecule has 0 aliphatic heterocycles. The number of thiazole rings is 1. The van der Waals surface area contributed by atoms with Gasteiger partial charge in [-0.3, -0.25) is 0 Å². The zero-order valence-corrected chi connectivity index (χ0v) is 11.0. The highest BCUT2D eigenvalue weighted by Gasteiger charge is 2.25. The van der Waals surface area contributed by atoms with Crippen molar-refractivity contribution in [3.05, 3.63) is 52.5 Å². The molecule has 2 nitrogen and oxygen atoms in total. The van der Waals surface area contributed by atoms with Gasteiger partial charge in [0.05, 0.1) is 0 Å². The van der Waals surface area contributed by atoms with Crippen LogP contribution in [-0.4, -0.2) is 11.0 Å². The highest BCUT2D eigenvalue weighted by Crippen LogP contribution is 2.34. The average molecular weight is 246 g/mol. The van der Waals surface area contributed by atoms with Gasteiger partial charge < -0.3 is 5.73 Å². The molecule has 2 rings (SSSR count). The van der Waals surface area contributed by atoms with E-state index in [1.54, 1.807) is 11.3 Å². The number of rotatable bonds is 4. The Labute approximate surface area is 107 Å². The highest BCUT2D eigenvalue weighted by molar-refractivity contribution is 7.09. The SMILES string of the molecule is CC(N)C(C)C(c1ccccc1)c1nccs1. The molecule has 0 aliphatic carbocycles. The van der Waals surface area contributed by atoms with Crippen LogP contribution in [0.5, 0.6) is 0 Å². The molecule has 1 aromatic heterocycles. The van der Waals surface area contributed by atoms with E-state index in [1.165, 1.54) is 5.56 Å². The van der Waals surface area contributed by atoms with Gasteiger partial charge in [0.25, 0.3) is 0 Å². The second-order valence-electron chi connectivity index (χ2n) is 4.48. The predicted octanol–water partition coefficient (Wildman–Crippen LogP) is 3.26. The van der Waals surface area contributed by atoms with E-state index in [0.717, 1.165) is 5.01 Å². The molecule has 1 aromatic carbocycles. The standard InChI is InChI=1S/C14H18N2S/c1-10(11(2)15)13(14-16-8-9-17-14)12-6-4-3-5-7-12/h3-11,13H,15H2,1-2H3. The van der Waals surface area contributed by atoms with Crippen LogP contribution in [0.15, 0.2) is 41.9 Å². The summed E-state index contributed by atoms with van der Waals surface area (Å²) in [4.78, 5) is 4.46. The molecule has 17 heavy (non-hydrogen) atoms. The molecule has 3 unspecified atom stereocenters. The number of hydrogen-bond acceptors (Lipinski definition) is 3. The Morgan fingerprint density at radius 2 is 1.88 bits per heavy atom. The van der Waals surface area contributed by atoms with Crippen molar-refractivity contribution in [2.45, 2.75) is 25.8 Å². The van der Waals surface area contributed by atoms with Gasteiger partial charge >= 0.3 is 0 Å². The lowest BCUT2D eigenvalue weighted by Crippen LogP contribution is -2.29. The third-order valence-corrected chi connectivity index (χ3v) is 4.09. The van der Waals surface area contributed by atoms with Gasteiger partial charge in [0.15, 0.2) is 0 Å². The molecule has 90 valence electrons. The van der Waals surface area contributed by atoms with Gasteiger partial charge in [-0.05, 0) is 18.4 Å². The van der Waals surface area contributed by atoms with Crippen molar-refractivity contribution in [3.63, 3.8) is 0 Å². The lowest BCUT2D eigenvalue weighted by atomic mass is 9.84. The Kier molecular flexibility index (Phi) is 3.92. The first kappa shape index (κ1) is 12.3. The number of aromatic nitrogens is 1. The van der Waals surface area contributed by atoms with E-state index in [2.05, 4.69) is 43.1 Å². The Bertz CT molecular complexity index is 437. The summed E-state index contributed by atoms with van der Waals surface area (Å²) < 4.78 is 0. The van der Waals surface area contributed by atoms with Crippen LogP contribution < -0.4 is 5.73 Å². The van der Waals surface area contributed by atoms with Crippen LogP contribution in [-0.2, 0) is 0 Å². The molecule has 3 atom stereocenters. The average Bonchev–Trinajstić information content (AvgIpc) is 2.84. The van der Waals surface area contributed by atoms with Crippen LogP contribution in [0.4, 0.5) is 0 Å². The molecule has 2 N–H and O–H groups in total. The minimum Gasteiger partial charge on any atom is -0.328 e. The quantitative estimate of drug-likeness (QED) is 0.899. The van der Waals surface area contributed by atoms with E-state index < -0.39 is 0 Å². The first-order valence-electron chi connectivity index (χ1n) is 5.90. The number of nitrogens with two attached hydrogens (primary N) is 1. The van der Waals surface area contributed by atoms with Crippen molar-refractivity contribution in [2.75, 3.05) is 0 Å². The molecule has 0 spiro atoms. The number of benzene rings is 1. The highest BCUT2D eigenvalue weighted by atomic mass is 32.1. The van der Waals surface area contributed by atoms with Gasteiger partial charge in [0, 0.05) is 23.5 Å². The fourth-order valence-electron chi connectivity index (χ4n) is 2.02. The molecule has 0 radical (unpaired) electrons. The summed E-state index contributed by atoms with van der Waals surface area (Å²) in [5.41, 5.74) is 7.36. The molecule has 3 heteroatoms. The van der Waals surface area contributed by atoms with E-state index >= 15 is 0 Å². The van der Waals surface area contributed by atoms with Crippen molar-refractivity contribution >= 4 is 11.3 Å². The molecule has 0 bridgehead atoms. The smallest absolute Gasteiger partial charge is 0.100 e. The summed E-state index contributed by atoms with van der Waals surface area (Å²) in [5.74, 6) is 0.680. The Hall–Kier alpha value is -1.19. The third-order valence-electron chi connectivity index (χ3n) is 3.23. The molecule has 0 saturated heterocycles. The largest absolute Gasteiger partial charge is 0.328 e. The van der Waals surface area contributed by atoms with Crippen molar-refractivity contribution in [2.24, 2.45) is 11.7 Å². The normalized spacial score (nSPS) is 16.4. The maximum atomic E-state index is 6.06. The number of hydrogen-bond donors (Lipinski definition) is 1. The first-order chi connectivity index (χ1) is 8.20. The van der Waals surface area contributed by atoms with Crippen molar-refractivity contribution < 1.29 is 0 Å². The zero-order chi connectivity index (χ0) is 12.3. The summed E-state index contributed by atoms with van der Waals surface area (Å²) in [7, 11) is 0. The maximum Gasteiger partial charge on any atom is 0.100 e. The first-order valence-corrected chi connectivity index (χ1v) is 6.78. The predicted molar refractivity (Wildman–Crippen MR) is 73.2 cm³/mol. The van der Waals surface area contributed by atoms with E-state index in [-0.39, 0.29) is 6.04 Å². The Morgan fingerprint density at radius 3 is 2.41 bits per heavy atom. The molecule has 0 saturated carbocycles. The molecule has 2 aromatic rings. The second kappa shape index (κ2) is 5.43. The molecule has 0 aliphatic rings. The van der Waals surface area contributed by atoms with Crippen LogP contribution in [0.1, 0.15) is 30.3 Å². The monoisotopic (exact) mass is 246 g/mol. The van der Waals surface area contributed by atoms with Crippen molar-refractivity contribution in [1.82, 2.24) is 4.98 Å². The summed E-state index contributed by atoms with van der Waals surface area (Å²) in [6.45, 7) is 4.26.